The third-order valence-electron chi connectivity index (χ3n) is 8.41. The molecule has 2 aliphatic heterocycles. The van der Waals surface area contributed by atoms with Crippen LogP contribution in [0.2, 0.25) is 0 Å². The van der Waals surface area contributed by atoms with Crippen LogP contribution in [0.4, 0.5) is 5.69 Å². The Morgan fingerprint density at radius 2 is 2.03 bits per heavy atom. The molecular formula is C29H33N4O+. The van der Waals surface area contributed by atoms with E-state index >= 15 is 0 Å². The van der Waals surface area contributed by atoms with Gasteiger partial charge in [-0.3, -0.25) is 0 Å². The van der Waals surface area contributed by atoms with Crippen molar-refractivity contribution in [2.75, 3.05) is 20.1 Å². The van der Waals surface area contributed by atoms with Gasteiger partial charge in [-0.05, 0) is 60.9 Å². The van der Waals surface area contributed by atoms with Crippen LogP contribution in [0, 0.1) is 12.8 Å². The van der Waals surface area contributed by atoms with Gasteiger partial charge in [-0.15, -0.1) is 0 Å². The summed E-state index contributed by atoms with van der Waals surface area (Å²) in [6.45, 7) is 8.43. The average molecular weight is 454 g/mol. The number of hydrogen-bond donors (Lipinski definition) is 2. The molecule has 2 N–H and O–H groups in total. The number of aromatic nitrogens is 2. The van der Waals surface area contributed by atoms with Crippen molar-refractivity contribution in [1.29, 1.82) is 0 Å². The van der Waals surface area contributed by atoms with Crippen LogP contribution in [0.15, 0.2) is 66.5 Å². The highest BCUT2D eigenvalue weighted by Crippen LogP contribution is 2.40. The fourth-order valence-corrected chi connectivity index (χ4v) is 6.14. The van der Waals surface area contributed by atoms with Crippen molar-refractivity contribution >= 4 is 28.6 Å². The van der Waals surface area contributed by atoms with Gasteiger partial charge in [0.15, 0.2) is 0 Å². The van der Waals surface area contributed by atoms with Gasteiger partial charge in [-0.25, -0.2) is 9.69 Å². The maximum absolute atomic E-state index is 13.5. The van der Waals surface area contributed by atoms with Gasteiger partial charge in [0, 0.05) is 80.1 Å². The number of nitrogens with zero attached hydrogens (tertiary/aromatic N) is 2. The number of carbonyl (C=O) groups is 1. The van der Waals surface area contributed by atoms with Gasteiger partial charge in [-0.1, -0.05) is 12.7 Å². The molecule has 3 aliphatic rings. The summed E-state index contributed by atoms with van der Waals surface area (Å²) in [5.41, 5.74) is 8.24. The zero-order valence-electron chi connectivity index (χ0n) is 20.3. The van der Waals surface area contributed by atoms with E-state index in [0.29, 0.717) is 17.9 Å². The predicted molar refractivity (Wildman–Crippen MR) is 137 cm³/mol. The summed E-state index contributed by atoms with van der Waals surface area (Å²) < 4.78 is 2.12. The van der Waals surface area contributed by atoms with Crippen LogP contribution in [0.25, 0.3) is 17.0 Å². The van der Waals surface area contributed by atoms with Crippen LogP contribution < -0.4 is 4.90 Å². The number of allylic oxidation sites excluding steroid dienone is 2. The summed E-state index contributed by atoms with van der Waals surface area (Å²) in [5, 5.41) is 1.29. The summed E-state index contributed by atoms with van der Waals surface area (Å²) >= 11 is 0. The zero-order valence-corrected chi connectivity index (χ0v) is 20.3. The van der Waals surface area contributed by atoms with Gasteiger partial charge < -0.3 is 14.5 Å². The number of aromatic amines is 1. The minimum absolute atomic E-state index is 0.153. The highest BCUT2D eigenvalue weighted by Gasteiger charge is 2.48. The van der Waals surface area contributed by atoms with E-state index in [4.69, 9.17) is 0 Å². The van der Waals surface area contributed by atoms with Crippen LogP contribution in [-0.4, -0.2) is 46.5 Å². The molecule has 5 heteroatoms. The largest absolute Gasteiger partial charge is 0.361 e. The van der Waals surface area contributed by atoms with Crippen molar-refractivity contribution < 1.29 is 9.69 Å². The quantitative estimate of drug-likeness (QED) is 0.576. The molecule has 2 unspecified atom stereocenters. The summed E-state index contributed by atoms with van der Waals surface area (Å²) in [5.74, 6) is 1.15. The standard InChI is InChI=1S/C29H32N4O/c1-5-19(12-20-10-11-32(4)18(20)2)25-14-29(34)33(28-9-8-24(25)28)22-6-7-23-26(15-30-27(23)13-22)21-16-31(3)17-21/h5-7,10-15,21,24,28,30H,1,8-9,16-17H2,2-4H3/p+1/b19-12+/t24-,28?/m0/s1. The normalized spacial score (nSPS) is 25.6. The number of aryl methyl sites for hydroxylation is 1. The molecule has 1 saturated carbocycles. The fraction of sp³-hybridized carbons (Fsp3) is 0.345. The Labute approximate surface area is 201 Å². The maximum atomic E-state index is 13.5. The van der Waals surface area contributed by atoms with E-state index in [1.54, 1.807) is 0 Å². The lowest BCUT2D eigenvalue weighted by atomic mass is 9.69. The molecule has 1 saturated heterocycles. The molecule has 2 aromatic heterocycles. The van der Waals surface area contributed by atoms with Crippen LogP contribution >= 0.6 is 0 Å². The number of nitrogens with one attached hydrogen (secondary N) is 2. The Hall–Kier alpha value is -3.15. The SMILES string of the molecule is C=C/C(=C\c1ccn(C)c1C)C1=CC(=O)[NH+](c2ccc3c(C4CN(C)C4)c[nH]c3c2)C2CC[C@@H]12. The van der Waals surface area contributed by atoms with Gasteiger partial charge in [-0.2, -0.15) is 0 Å². The third kappa shape index (κ3) is 3.26. The number of benzene rings is 1. The second-order valence-corrected chi connectivity index (χ2v) is 10.4. The molecule has 4 heterocycles. The summed E-state index contributed by atoms with van der Waals surface area (Å²) in [6, 6.07) is 9.00. The Morgan fingerprint density at radius 3 is 2.68 bits per heavy atom. The summed E-state index contributed by atoms with van der Waals surface area (Å²) in [4.78, 5) is 20.3. The molecule has 1 amide bonds. The molecule has 3 aromatic rings. The third-order valence-corrected chi connectivity index (χ3v) is 8.41. The number of hydrogen-bond acceptors (Lipinski definition) is 2. The molecule has 2 fully saturated rings. The Bertz CT molecular complexity index is 1360. The first-order valence-corrected chi connectivity index (χ1v) is 12.3. The minimum atomic E-state index is 0.153. The highest BCUT2D eigenvalue weighted by molar-refractivity contribution is 5.89. The molecule has 34 heavy (non-hydrogen) atoms. The van der Waals surface area contributed by atoms with Crippen LogP contribution in [0.5, 0.6) is 0 Å². The first-order valence-electron chi connectivity index (χ1n) is 12.3. The topological polar surface area (TPSA) is 45.5 Å². The van der Waals surface area contributed by atoms with Gasteiger partial charge in [0.05, 0.1) is 5.52 Å². The van der Waals surface area contributed by atoms with E-state index in [1.165, 1.54) is 22.2 Å². The van der Waals surface area contributed by atoms with Gasteiger partial charge >= 0.3 is 5.91 Å². The van der Waals surface area contributed by atoms with Crippen molar-refractivity contribution in [2.45, 2.75) is 31.7 Å². The van der Waals surface area contributed by atoms with E-state index in [1.807, 2.05) is 12.2 Å². The molecule has 0 bridgehead atoms. The van der Waals surface area contributed by atoms with E-state index in [2.05, 4.69) is 84.8 Å². The molecule has 174 valence electrons. The van der Waals surface area contributed by atoms with Gasteiger partial charge in [0.25, 0.3) is 0 Å². The molecular weight excluding hydrogens is 420 g/mol. The zero-order chi connectivity index (χ0) is 23.6. The van der Waals surface area contributed by atoms with Crippen LogP contribution in [0.1, 0.15) is 35.6 Å². The molecule has 3 atom stereocenters. The summed E-state index contributed by atoms with van der Waals surface area (Å²) in [6.07, 6.45) is 12.4. The first kappa shape index (κ1) is 21.4. The maximum Gasteiger partial charge on any atom is 0.342 e. The monoisotopic (exact) mass is 453 g/mol. The lowest BCUT2D eigenvalue weighted by Gasteiger charge is -2.44. The smallest absolute Gasteiger partial charge is 0.342 e. The van der Waals surface area contributed by atoms with Gasteiger partial charge in [0.1, 0.15) is 11.7 Å². The second kappa shape index (κ2) is 7.97. The average Bonchev–Trinajstić information content (AvgIpc) is 3.34. The van der Waals surface area contributed by atoms with Crippen LogP contribution in [-0.2, 0) is 11.8 Å². The highest BCUT2D eigenvalue weighted by atomic mass is 16.2. The molecule has 1 aromatic carbocycles. The van der Waals surface area contributed by atoms with Crippen molar-refractivity contribution in [2.24, 2.45) is 13.0 Å². The molecule has 1 aliphatic carbocycles. The van der Waals surface area contributed by atoms with E-state index in [0.717, 1.165) is 53.2 Å². The number of likely N-dealkylation sites (N-methyl/N-ethyl adjacent to an activating group) is 1. The van der Waals surface area contributed by atoms with Crippen molar-refractivity contribution in [3.63, 3.8) is 0 Å². The van der Waals surface area contributed by atoms with E-state index in [9.17, 15) is 4.79 Å². The predicted octanol–water partition coefficient (Wildman–Crippen LogP) is 3.88. The van der Waals surface area contributed by atoms with Gasteiger partial charge in [0.2, 0.25) is 0 Å². The number of likely N-dealkylation sites (tertiary alicyclic amines) is 1. The lowest BCUT2D eigenvalue weighted by Crippen LogP contribution is -3.16. The molecule has 0 radical (unpaired) electrons. The van der Waals surface area contributed by atoms with Crippen LogP contribution in [0.3, 0.4) is 0 Å². The molecule has 0 spiro atoms. The Morgan fingerprint density at radius 1 is 1.21 bits per heavy atom. The Kier molecular flexibility index (Phi) is 5.01. The molecule has 6 rings (SSSR count). The number of H-pyrrole nitrogens is 1. The molecule has 5 nitrogen and oxygen atoms in total. The van der Waals surface area contributed by atoms with Crippen molar-refractivity contribution in [1.82, 2.24) is 14.5 Å². The minimum Gasteiger partial charge on any atom is -0.361 e. The number of quaternary nitrogens is 1. The van der Waals surface area contributed by atoms with E-state index in [-0.39, 0.29) is 5.91 Å². The number of rotatable bonds is 5. The lowest BCUT2D eigenvalue weighted by molar-refractivity contribution is -0.792. The fourth-order valence-electron chi connectivity index (χ4n) is 6.14. The second-order valence-electron chi connectivity index (χ2n) is 10.4. The van der Waals surface area contributed by atoms with Crippen molar-refractivity contribution in [3.05, 3.63) is 83.4 Å². The Balaban J connectivity index is 1.32. The number of carbonyl (C=O) groups excluding carboxylic acids is 1. The summed E-state index contributed by atoms with van der Waals surface area (Å²) in [7, 11) is 4.22. The van der Waals surface area contributed by atoms with E-state index < -0.39 is 0 Å². The first-order chi connectivity index (χ1) is 16.4. The number of fused-ring (bicyclic) bond motifs is 2. The van der Waals surface area contributed by atoms with Crippen molar-refractivity contribution in [3.8, 4) is 0 Å². The number of amides is 1.